The quantitative estimate of drug-likeness (QED) is 0.389. The lowest BCUT2D eigenvalue weighted by atomic mass is 9.49. The summed E-state index contributed by atoms with van der Waals surface area (Å²) < 4.78 is 5.91. The largest absolute Gasteiger partial charge is 0.445 e. The highest BCUT2D eigenvalue weighted by Gasteiger charge is 2.65. The van der Waals surface area contributed by atoms with E-state index in [1.54, 1.807) is 5.57 Å². The van der Waals surface area contributed by atoms with E-state index in [1.807, 2.05) is 0 Å². The SMILES string of the molecule is C#C[C@]1(OC(C)=O)CC[C@H]2[C@@H]3CCC4=CCCC[C@@H]4[C@H]3CC[C@@]21CC. The van der Waals surface area contributed by atoms with Crippen molar-refractivity contribution in [3.8, 4) is 12.3 Å². The van der Waals surface area contributed by atoms with E-state index in [9.17, 15) is 4.79 Å². The maximum absolute atomic E-state index is 11.8. The first-order chi connectivity index (χ1) is 12.1. The molecule has 0 bridgehead atoms. The lowest BCUT2D eigenvalue weighted by Crippen LogP contribution is -2.55. The van der Waals surface area contributed by atoms with Crippen molar-refractivity contribution in [1.29, 1.82) is 0 Å². The Morgan fingerprint density at radius 1 is 1.28 bits per heavy atom. The molecule has 4 aliphatic rings. The second-order valence-electron chi connectivity index (χ2n) is 8.94. The molecule has 3 fully saturated rings. The molecule has 0 heterocycles. The Bertz CT molecular complexity index is 626. The Morgan fingerprint density at radius 2 is 2.12 bits per heavy atom. The van der Waals surface area contributed by atoms with Crippen LogP contribution in [0.3, 0.4) is 0 Å². The number of esters is 1. The van der Waals surface area contributed by atoms with Gasteiger partial charge in [-0.3, -0.25) is 4.79 Å². The van der Waals surface area contributed by atoms with Gasteiger partial charge in [0.2, 0.25) is 0 Å². The average Bonchev–Trinajstić information content (AvgIpc) is 2.96. The number of allylic oxidation sites excluding steroid dienone is 2. The summed E-state index contributed by atoms with van der Waals surface area (Å²) in [5, 5.41) is 0. The summed E-state index contributed by atoms with van der Waals surface area (Å²) in [6.07, 6.45) is 20.7. The second-order valence-corrected chi connectivity index (χ2v) is 8.94. The maximum Gasteiger partial charge on any atom is 0.304 e. The predicted molar refractivity (Wildman–Crippen MR) is 99.7 cm³/mol. The summed E-state index contributed by atoms with van der Waals surface area (Å²) in [5.74, 6) is 5.87. The normalized spacial score (nSPS) is 45.4. The fourth-order valence-corrected chi connectivity index (χ4v) is 7.49. The summed E-state index contributed by atoms with van der Waals surface area (Å²) in [6.45, 7) is 3.78. The summed E-state index contributed by atoms with van der Waals surface area (Å²) in [6, 6.07) is 0. The van der Waals surface area contributed by atoms with Crippen LogP contribution in [0, 0.1) is 41.4 Å². The molecule has 0 radical (unpaired) electrons. The van der Waals surface area contributed by atoms with Crippen molar-refractivity contribution in [2.24, 2.45) is 29.1 Å². The van der Waals surface area contributed by atoms with Crippen LogP contribution in [0.25, 0.3) is 0 Å². The molecule has 25 heavy (non-hydrogen) atoms. The van der Waals surface area contributed by atoms with Crippen LogP contribution in [0.4, 0.5) is 0 Å². The van der Waals surface area contributed by atoms with Crippen molar-refractivity contribution in [3.05, 3.63) is 11.6 Å². The van der Waals surface area contributed by atoms with Gasteiger partial charge in [0.05, 0.1) is 0 Å². The molecule has 2 heteroatoms. The van der Waals surface area contributed by atoms with Gasteiger partial charge in [-0.2, -0.15) is 0 Å². The number of ether oxygens (including phenoxy) is 1. The Balaban J connectivity index is 1.68. The maximum atomic E-state index is 11.8. The van der Waals surface area contributed by atoms with E-state index in [-0.39, 0.29) is 11.4 Å². The van der Waals surface area contributed by atoms with Gasteiger partial charge in [-0.15, -0.1) is 6.42 Å². The third kappa shape index (κ3) is 2.34. The van der Waals surface area contributed by atoms with E-state index < -0.39 is 5.60 Å². The highest BCUT2D eigenvalue weighted by atomic mass is 16.6. The zero-order valence-corrected chi connectivity index (χ0v) is 15.9. The van der Waals surface area contributed by atoms with Gasteiger partial charge in [-0.05, 0) is 87.9 Å². The van der Waals surface area contributed by atoms with E-state index >= 15 is 0 Å². The Hall–Kier alpha value is -1.23. The molecular formula is C23H32O2. The van der Waals surface area contributed by atoms with Gasteiger partial charge in [-0.25, -0.2) is 0 Å². The molecule has 0 aliphatic heterocycles. The molecule has 0 aromatic rings. The minimum atomic E-state index is -0.661. The third-order valence-corrected chi connectivity index (χ3v) is 8.38. The summed E-state index contributed by atoms with van der Waals surface area (Å²) >= 11 is 0. The van der Waals surface area contributed by atoms with Crippen LogP contribution in [-0.4, -0.2) is 11.6 Å². The molecule has 0 aromatic heterocycles. The number of rotatable bonds is 2. The third-order valence-electron chi connectivity index (χ3n) is 8.38. The Labute approximate surface area is 152 Å². The number of fused-ring (bicyclic) bond motifs is 5. The van der Waals surface area contributed by atoms with Crippen LogP contribution in [0.1, 0.15) is 78.1 Å². The van der Waals surface area contributed by atoms with E-state index in [0.29, 0.717) is 5.92 Å². The van der Waals surface area contributed by atoms with E-state index in [4.69, 9.17) is 11.2 Å². The summed E-state index contributed by atoms with van der Waals surface area (Å²) in [7, 11) is 0. The van der Waals surface area contributed by atoms with Gasteiger partial charge >= 0.3 is 5.97 Å². The molecule has 0 aromatic carbocycles. The number of hydrogen-bond acceptors (Lipinski definition) is 2. The first-order valence-corrected chi connectivity index (χ1v) is 10.4. The molecule has 3 saturated carbocycles. The van der Waals surface area contributed by atoms with Gasteiger partial charge in [0, 0.05) is 12.3 Å². The summed E-state index contributed by atoms with van der Waals surface area (Å²) in [5.41, 5.74) is 1.11. The highest BCUT2D eigenvalue weighted by molar-refractivity contribution is 5.67. The van der Waals surface area contributed by atoms with Crippen LogP contribution in [-0.2, 0) is 9.53 Å². The van der Waals surface area contributed by atoms with Crippen LogP contribution >= 0.6 is 0 Å². The second kappa shape index (κ2) is 6.19. The predicted octanol–water partition coefficient (Wildman–Crippen LogP) is 5.27. The molecule has 0 saturated heterocycles. The number of carbonyl (C=O) groups excluding carboxylic acids is 1. The van der Waals surface area contributed by atoms with Crippen molar-refractivity contribution in [1.82, 2.24) is 0 Å². The lowest BCUT2D eigenvalue weighted by molar-refractivity contribution is -0.170. The van der Waals surface area contributed by atoms with E-state index in [0.717, 1.165) is 43.4 Å². The number of carbonyl (C=O) groups is 1. The molecule has 4 rings (SSSR count). The van der Waals surface area contributed by atoms with Crippen LogP contribution in [0.5, 0.6) is 0 Å². The van der Waals surface area contributed by atoms with Crippen molar-refractivity contribution < 1.29 is 9.53 Å². The standard InChI is InChI=1S/C23H32O2/c1-4-22-14-12-19-18-9-7-6-8-17(18)10-11-20(19)21(22)13-15-23(22,5-2)25-16(3)24/h2,8,18-21H,4,6-7,9-15H2,1,3H3/t18-,19+,20+,21-,22-,23-/m0/s1. The van der Waals surface area contributed by atoms with Crippen molar-refractivity contribution in [2.75, 3.05) is 0 Å². The van der Waals surface area contributed by atoms with E-state index in [2.05, 4.69) is 18.9 Å². The molecule has 6 atom stereocenters. The molecule has 136 valence electrons. The van der Waals surface area contributed by atoms with Crippen molar-refractivity contribution in [2.45, 2.75) is 83.7 Å². The Kier molecular flexibility index (Phi) is 4.25. The van der Waals surface area contributed by atoms with Crippen molar-refractivity contribution in [3.63, 3.8) is 0 Å². The zero-order valence-electron chi connectivity index (χ0n) is 15.9. The minimum Gasteiger partial charge on any atom is -0.445 e. The first kappa shape index (κ1) is 17.2. The van der Waals surface area contributed by atoms with Gasteiger partial charge < -0.3 is 4.74 Å². The van der Waals surface area contributed by atoms with Gasteiger partial charge in [0.15, 0.2) is 5.60 Å². The van der Waals surface area contributed by atoms with Crippen LogP contribution in [0.15, 0.2) is 11.6 Å². The molecule has 2 nitrogen and oxygen atoms in total. The molecular weight excluding hydrogens is 308 g/mol. The Morgan fingerprint density at radius 3 is 2.84 bits per heavy atom. The zero-order chi connectivity index (χ0) is 17.7. The fourth-order valence-electron chi connectivity index (χ4n) is 7.49. The van der Waals surface area contributed by atoms with Crippen LogP contribution in [0.2, 0.25) is 0 Å². The summed E-state index contributed by atoms with van der Waals surface area (Å²) in [4.78, 5) is 11.8. The monoisotopic (exact) mass is 340 g/mol. The molecule has 4 aliphatic carbocycles. The minimum absolute atomic E-state index is 0.00444. The molecule has 0 unspecified atom stereocenters. The van der Waals surface area contributed by atoms with Crippen LogP contribution < -0.4 is 0 Å². The molecule has 0 amide bonds. The fraction of sp³-hybridized carbons (Fsp3) is 0.783. The smallest absolute Gasteiger partial charge is 0.304 e. The highest BCUT2D eigenvalue weighted by Crippen LogP contribution is 2.67. The molecule has 0 N–H and O–H groups in total. The van der Waals surface area contributed by atoms with Crippen molar-refractivity contribution >= 4 is 5.97 Å². The first-order valence-electron chi connectivity index (χ1n) is 10.4. The number of terminal acetylenes is 1. The number of hydrogen-bond donors (Lipinski definition) is 0. The van der Waals surface area contributed by atoms with Gasteiger partial charge in [-0.1, -0.05) is 24.5 Å². The van der Waals surface area contributed by atoms with E-state index in [1.165, 1.54) is 45.4 Å². The topological polar surface area (TPSA) is 26.3 Å². The van der Waals surface area contributed by atoms with Gasteiger partial charge in [0.1, 0.15) is 0 Å². The lowest BCUT2D eigenvalue weighted by Gasteiger charge is -2.56. The van der Waals surface area contributed by atoms with Gasteiger partial charge in [0.25, 0.3) is 0 Å². The molecule has 0 spiro atoms. The average molecular weight is 341 g/mol.